The van der Waals surface area contributed by atoms with Gasteiger partial charge in [-0.3, -0.25) is 14.5 Å². The second-order valence-electron chi connectivity index (χ2n) is 8.38. The molecule has 0 bridgehead atoms. The smallest absolute Gasteiger partial charge is 0.319 e. The molecule has 8 heteroatoms. The van der Waals surface area contributed by atoms with Gasteiger partial charge >= 0.3 is 6.03 Å². The van der Waals surface area contributed by atoms with Crippen molar-refractivity contribution in [2.75, 3.05) is 41.1 Å². The van der Waals surface area contributed by atoms with Gasteiger partial charge in [-0.2, -0.15) is 0 Å². The average Bonchev–Trinajstić information content (AvgIpc) is 2.84. The molecule has 3 aromatic carbocycles. The van der Waals surface area contributed by atoms with Crippen LogP contribution in [0.1, 0.15) is 12.5 Å². The Bertz CT molecular complexity index is 1160. The Morgan fingerprint density at radius 2 is 1.49 bits per heavy atom. The first-order valence-electron chi connectivity index (χ1n) is 11.3. The van der Waals surface area contributed by atoms with Crippen LogP contribution in [0, 0.1) is 6.92 Å². The van der Waals surface area contributed by atoms with Gasteiger partial charge in [0, 0.05) is 36.8 Å². The number of urea groups is 1. The minimum Gasteiger partial charge on any atom is -0.378 e. The van der Waals surface area contributed by atoms with Crippen molar-refractivity contribution in [3.63, 3.8) is 0 Å². The van der Waals surface area contributed by atoms with Gasteiger partial charge in [0.2, 0.25) is 11.8 Å². The second-order valence-corrected chi connectivity index (χ2v) is 8.38. The third kappa shape index (κ3) is 7.07. The molecule has 0 heterocycles. The second kappa shape index (κ2) is 11.7. The molecular formula is C27H31N5O3. The lowest BCUT2D eigenvalue weighted by Gasteiger charge is -2.29. The molecule has 3 rings (SSSR count). The average molecular weight is 474 g/mol. The summed E-state index contributed by atoms with van der Waals surface area (Å²) in [4.78, 5) is 41.9. The summed E-state index contributed by atoms with van der Waals surface area (Å²) in [6, 6.07) is 22.4. The molecule has 1 atom stereocenters. The van der Waals surface area contributed by atoms with Gasteiger partial charge < -0.3 is 20.9 Å². The fourth-order valence-corrected chi connectivity index (χ4v) is 3.52. The zero-order chi connectivity index (χ0) is 25.4. The number of hydrogen-bond donors (Lipinski definition) is 3. The summed E-state index contributed by atoms with van der Waals surface area (Å²) in [5.74, 6) is -0.759. The van der Waals surface area contributed by atoms with Gasteiger partial charge in [0.1, 0.15) is 6.04 Å². The summed E-state index contributed by atoms with van der Waals surface area (Å²) in [6.45, 7) is 3.30. The van der Waals surface area contributed by atoms with Crippen LogP contribution in [0.4, 0.5) is 27.5 Å². The molecule has 0 saturated heterocycles. The molecule has 0 spiro atoms. The first-order valence-corrected chi connectivity index (χ1v) is 11.3. The minimum absolute atomic E-state index is 0.276. The van der Waals surface area contributed by atoms with Gasteiger partial charge in [-0.05, 0) is 67.9 Å². The van der Waals surface area contributed by atoms with E-state index in [4.69, 9.17) is 0 Å². The molecule has 1 unspecified atom stereocenters. The van der Waals surface area contributed by atoms with Crippen molar-refractivity contribution in [3.8, 4) is 0 Å². The van der Waals surface area contributed by atoms with Crippen LogP contribution >= 0.6 is 0 Å². The normalized spacial score (nSPS) is 11.2. The molecule has 0 aliphatic heterocycles. The summed E-state index contributed by atoms with van der Waals surface area (Å²) in [5.41, 5.74) is 3.83. The molecule has 0 aliphatic carbocycles. The van der Waals surface area contributed by atoms with Crippen molar-refractivity contribution in [2.24, 2.45) is 0 Å². The number of carbonyl (C=O) groups is 3. The standard InChI is InChI=1S/C27H31N5O3/c1-19-9-8-10-22(17-19)30-27(35)28-18-25(33)32(24-11-6-5-7-12-24)20(2)26(34)29-21-13-15-23(16-14-21)31(3)4/h5-17,20H,18H2,1-4H3,(H,29,34)(H2,28,30,35). The molecule has 35 heavy (non-hydrogen) atoms. The number of aryl methyl sites for hydroxylation is 1. The summed E-state index contributed by atoms with van der Waals surface area (Å²) in [6.07, 6.45) is 0. The molecule has 0 aromatic heterocycles. The van der Waals surface area contributed by atoms with Crippen molar-refractivity contribution < 1.29 is 14.4 Å². The first kappa shape index (κ1) is 25.3. The number of benzene rings is 3. The lowest BCUT2D eigenvalue weighted by molar-refractivity contribution is -0.122. The molecule has 0 aliphatic rings. The van der Waals surface area contributed by atoms with Gasteiger partial charge in [-0.25, -0.2) is 4.79 Å². The molecule has 4 amide bonds. The van der Waals surface area contributed by atoms with E-state index in [2.05, 4.69) is 16.0 Å². The SMILES string of the molecule is Cc1cccc(NC(=O)NCC(=O)N(c2ccccc2)C(C)C(=O)Nc2ccc(N(C)C)cc2)c1. The number of nitrogens with one attached hydrogen (secondary N) is 3. The van der Waals surface area contributed by atoms with Crippen molar-refractivity contribution in [1.82, 2.24) is 5.32 Å². The fourth-order valence-electron chi connectivity index (χ4n) is 3.52. The highest BCUT2D eigenvalue weighted by Crippen LogP contribution is 2.20. The molecule has 0 fully saturated rings. The number of hydrogen-bond acceptors (Lipinski definition) is 4. The number of para-hydroxylation sites is 1. The van der Waals surface area contributed by atoms with Crippen molar-refractivity contribution in [2.45, 2.75) is 19.9 Å². The van der Waals surface area contributed by atoms with Crippen LogP contribution < -0.4 is 25.8 Å². The third-order valence-electron chi connectivity index (χ3n) is 5.40. The Morgan fingerprint density at radius 3 is 2.11 bits per heavy atom. The quantitative estimate of drug-likeness (QED) is 0.456. The Hall–Kier alpha value is -4.33. The number of nitrogens with zero attached hydrogens (tertiary/aromatic N) is 2. The van der Waals surface area contributed by atoms with Gasteiger partial charge in [-0.15, -0.1) is 0 Å². The van der Waals surface area contributed by atoms with E-state index < -0.39 is 18.0 Å². The minimum atomic E-state index is -0.819. The van der Waals surface area contributed by atoms with Crippen LogP contribution in [0.2, 0.25) is 0 Å². The lowest BCUT2D eigenvalue weighted by Crippen LogP contribution is -2.50. The van der Waals surface area contributed by atoms with E-state index in [-0.39, 0.29) is 12.5 Å². The molecule has 3 aromatic rings. The summed E-state index contributed by atoms with van der Waals surface area (Å²) < 4.78 is 0. The monoisotopic (exact) mass is 473 g/mol. The molecule has 8 nitrogen and oxygen atoms in total. The van der Waals surface area contributed by atoms with E-state index in [1.54, 1.807) is 37.3 Å². The Balaban J connectivity index is 1.68. The molecule has 0 radical (unpaired) electrons. The van der Waals surface area contributed by atoms with E-state index in [9.17, 15) is 14.4 Å². The Kier molecular flexibility index (Phi) is 8.45. The van der Waals surface area contributed by atoms with Gasteiger partial charge in [-0.1, -0.05) is 30.3 Å². The largest absolute Gasteiger partial charge is 0.378 e. The molecule has 182 valence electrons. The summed E-state index contributed by atoms with van der Waals surface area (Å²) >= 11 is 0. The Labute approximate surface area is 205 Å². The fraction of sp³-hybridized carbons (Fsp3) is 0.222. The highest BCUT2D eigenvalue weighted by Gasteiger charge is 2.27. The van der Waals surface area contributed by atoms with E-state index in [0.717, 1.165) is 11.3 Å². The van der Waals surface area contributed by atoms with Crippen molar-refractivity contribution in [3.05, 3.63) is 84.4 Å². The highest BCUT2D eigenvalue weighted by atomic mass is 16.2. The van der Waals surface area contributed by atoms with E-state index in [1.807, 2.05) is 74.4 Å². The number of rotatable bonds is 8. The van der Waals surface area contributed by atoms with Crippen molar-refractivity contribution in [1.29, 1.82) is 0 Å². The van der Waals surface area contributed by atoms with Gasteiger partial charge in [0.15, 0.2) is 0 Å². The van der Waals surface area contributed by atoms with Crippen LogP contribution in [-0.4, -0.2) is 44.5 Å². The van der Waals surface area contributed by atoms with E-state index >= 15 is 0 Å². The third-order valence-corrected chi connectivity index (χ3v) is 5.40. The molecule has 3 N–H and O–H groups in total. The zero-order valence-electron chi connectivity index (χ0n) is 20.4. The van der Waals surface area contributed by atoms with Gasteiger partial charge in [0.05, 0.1) is 6.54 Å². The highest BCUT2D eigenvalue weighted by molar-refractivity contribution is 6.06. The maximum atomic E-state index is 13.2. The molecule has 0 saturated carbocycles. The van der Waals surface area contributed by atoms with Crippen LogP contribution in [0.15, 0.2) is 78.9 Å². The lowest BCUT2D eigenvalue weighted by atomic mass is 10.2. The van der Waals surface area contributed by atoms with E-state index in [0.29, 0.717) is 17.1 Å². The summed E-state index contributed by atoms with van der Waals surface area (Å²) in [7, 11) is 3.88. The number of amides is 4. The van der Waals surface area contributed by atoms with Crippen LogP contribution in [0.5, 0.6) is 0 Å². The predicted molar refractivity (Wildman–Crippen MR) is 141 cm³/mol. The van der Waals surface area contributed by atoms with Crippen LogP contribution in [-0.2, 0) is 9.59 Å². The first-order chi connectivity index (χ1) is 16.7. The zero-order valence-corrected chi connectivity index (χ0v) is 20.4. The van der Waals surface area contributed by atoms with Crippen LogP contribution in [0.3, 0.4) is 0 Å². The number of anilines is 4. The van der Waals surface area contributed by atoms with Gasteiger partial charge in [0.25, 0.3) is 0 Å². The van der Waals surface area contributed by atoms with E-state index in [1.165, 1.54) is 4.90 Å². The predicted octanol–water partition coefficient (Wildman–Crippen LogP) is 4.24. The molecular weight excluding hydrogens is 442 g/mol. The maximum absolute atomic E-state index is 13.2. The number of carbonyl (C=O) groups excluding carboxylic acids is 3. The topological polar surface area (TPSA) is 93.8 Å². The van der Waals surface area contributed by atoms with Crippen LogP contribution in [0.25, 0.3) is 0 Å². The van der Waals surface area contributed by atoms with Crippen molar-refractivity contribution >= 4 is 40.6 Å². The Morgan fingerprint density at radius 1 is 0.800 bits per heavy atom. The maximum Gasteiger partial charge on any atom is 0.319 e. The summed E-state index contributed by atoms with van der Waals surface area (Å²) in [5, 5.41) is 8.16.